The first-order chi connectivity index (χ1) is 7.67. The van der Waals surface area contributed by atoms with Crippen molar-refractivity contribution in [3.63, 3.8) is 0 Å². The molecule has 0 fully saturated rings. The topological polar surface area (TPSA) is 43.1 Å². The van der Waals surface area contributed by atoms with Gasteiger partial charge in [-0.2, -0.15) is 0 Å². The molecule has 0 heterocycles. The molecule has 0 aliphatic heterocycles. The molecule has 0 amide bonds. The summed E-state index contributed by atoms with van der Waals surface area (Å²) in [6.07, 6.45) is 2.44. The molecule has 1 atom stereocenters. The first-order valence-electron chi connectivity index (χ1n) is 5.95. The molecule has 0 saturated carbocycles. The van der Waals surface area contributed by atoms with Gasteiger partial charge in [0.15, 0.2) is 0 Å². The SMILES string of the molecule is CCCC(CN)C(=O)Cc1ccc(C)cc1. The molecule has 1 unspecified atom stereocenters. The van der Waals surface area contributed by atoms with Crippen molar-refractivity contribution in [2.45, 2.75) is 33.1 Å². The Bertz CT molecular complexity index is 329. The fourth-order valence-electron chi connectivity index (χ4n) is 1.81. The Kier molecular flexibility index (Phi) is 5.20. The zero-order valence-corrected chi connectivity index (χ0v) is 10.2. The van der Waals surface area contributed by atoms with Gasteiger partial charge in [-0.1, -0.05) is 43.2 Å². The van der Waals surface area contributed by atoms with Gasteiger partial charge in [-0.25, -0.2) is 0 Å². The molecule has 0 aromatic heterocycles. The third kappa shape index (κ3) is 3.78. The highest BCUT2D eigenvalue weighted by molar-refractivity contribution is 5.83. The zero-order chi connectivity index (χ0) is 12.0. The monoisotopic (exact) mass is 219 g/mol. The number of benzene rings is 1. The van der Waals surface area contributed by atoms with Crippen molar-refractivity contribution in [2.24, 2.45) is 11.7 Å². The van der Waals surface area contributed by atoms with Crippen molar-refractivity contribution in [1.29, 1.82) is 0 Å². The Morgan fingerprint density at radius 3 is 2.44 bits per heavy atom. The number of aryl methyl sites for hydroxylation is 1. The Balaban J connectivity index is 2.59. The van der Waals surface area contributed by atoms with Gasteiger partial charge in [0.05, 0.1) is 0 Å². The summed E-state index contributed by atoms with van der Waals surface area (Å²) >= 11 is 0. The van der Waals surface area contributed by atoms with Crippen molar-refractivity contribution in [3.8, 4) is 0 Å². The predicted octanol–water partition coefficient (Wildman–Crippen LogP) is 2.48. The molecule has 0 radical (unpaired) electrons. The van der Waals surface area contributed by atoms with E-state index in [-0.39, 0.29) is 11.7 Å². The van der Waals surface area contributed by atoms with Crippen molar-refractivity contribution in [1.82, 2.24) is 0 Å². The number of ketones is 1. The first-order valence-corrected chi connectivity index (χ1v) is 5.95. The van der Waals surface area contributed by atoms with Gasteiger partial charge < -0.3 is 5.73 Å². The lowest BCUT2D eigenvalue weighted by atomic mass is 9.94. The molecule has 88 valence electrons. The van der Waals surface area contributed by atoms with E-state index in [2.05, 4.69) is 6.92 Å². The molecular weight excluding hydrogens is 198 g/mol. The fourth-order valence-corrected chi connectivity index (χ4v) is 1.81. The van der Waals surface area contributed by atoms with Crippen LogP contribution in [0.1, 0.15) is 30.9 Å². The molecule has 0 aliphatic rings. The van der Waals surface area contributed by atoms with Gasteiger partial charge in [-0.15, -0.1) is 0 Å². The summed E-state index contributed by atoms with van der Waals surface area (Å²) < 4.78 is 0. The lowest BCUT2D eigenvalue weighted by Gasteiger charge is -2.12. The van der Waals surface area contributed by atoms with Crippen molar-refractivity contribution < 1.29 is 4.79 Å². The second-order valence-electron chi connectivity index (χ2n) is 4.35. The lowest BCUT2D eigenvalue weighted by molar-refractivity contribution is -0.122. The second-order valence-corrected chi connectivity index (χ2v) is 4.35. The first kappa shape index (κ1) is 12.9. The van der Waals surface area contributed by atoms with E-state index in [1.165, 1.54) is 5.56 Å². The Hall–Kier alpha value is -1.15. The predicted molar refractivity (Wildman–Crippen MR) is 67.3 cm³/mol. The van der Waals surface area contributed by atoms with E-state index >= 15 is 0 Å². The van der Waals surface area contributed by atoms with Gasteiger partial charge in [0, 0.05) is 18.9 Å². The van der Waals surface area contributed by atoms with Crippen LogP contribution in [0, 0.1) is 12.8 Å². The van der Waals surface area contributed by atoms with E-state index in [1.807, 2.05) is 31.2 Å². The summed E-state index contributed by atoms with van der Waals surface area (Å²) in [5.74, 6) is 0.305. The summed E-state index contributed by atoms with van der Waals surface area (Å²) in [7, 11) is 0. The molecule has 2 N–H and O–H groups in total. The van der Waals surface area contributed by atoms with Crippen LogP contribution < -0.4 is 5.73 Å². The van der Waals surface area contributed by atoms with E-state index in [1.54, 1.807) is 0 Å². The van der Waals surface area contributed by atoms with Crippen LogP contribution in [0.15, 0.2) is 24.3 Å². The van der Waals surface area contributed by atoms with Crippen molar-refractivity contribution >= 4 is 5.78 Å². The van der Waals surface area contributed by atoms with E-state index in [4.69, 9.17) is 5.73 Å². The van der Waals surface area contributed by atoms with E-state index in [0.717, 1.165) is 18.4 Å². The van der Waals surface area contributed by atoms with Crippen molar-refractivity contribution in [2.75, 3.05) is 6.54 Å². The largest absolute Gasteiger partial charge is 0.330 e. The maximum atomic E-state index is 11.9. The van der Waals surface area contributed by atoms with Gasteiger partial charge >= 0.3 is 0 Å². The van der Waals surface area contributed by atoms with Crippen LogP contribution in [-0.2, 0) is 11.2 Å². The van der Waals surface area contributed by atoms with Crippen LogP contribution in [0.25, 0.3) is 0 Å². The highest BCUT2D eigenvalue weighted by atomic mass is 16.1. The molecule has 2 heteroatoms. The molecule has 1 rings (SSSR count). The number of hydrogen-bond donors (Lipinski definition) is 1. The summed E-state index contributed by atoms with van der Waals surface area (Å²) in [4.78, 5) is 11.9. The Morgan fingerprint density at radius 2 is 1.94 bits per heavy atom. The summed E-state index contributed by atoms with van der Waals surface area (Å²) in [5.41, 5.74) is 7.93. The van der Waals surface area contributed by atoms with Gasteiger partial charge in [0.25, 0.3) is 0 Å². The lowest BCUT2D eigenvalue weighted by Crippen LogP contribution is -2.25. The van der Waals surface area contributed by atoms with Crippen LogP contribution in [0.4, 0.5) is 0 Å². The molecular formula is C14H21NO. The highest BCUT2D eigenvalue weighted by Gasteiger charge is 2.15. The Morgan fingerprint density at radius 1 is 1.31 bits per heavy atom. The molecule has 0 saturated heterocycles. The third-order valence-electron chi connectivity index (χ3n) is 2.88. The number of carbonyl (C=O) groups excluding carboxylic acids is 1. The van der Waals surface area contributed by atoms with Crippen molar-refractivity contribution in [3.05, 3.63) is 35.4 Å². The number of Topliss-reactive ketones (excluding diaryl/α,β-unsaturated/α-hetero) is 1. The average Bonchev–Trinajstić information content (AvgIpc) is 2.29. The normalized spacial score (nSPS) is 12.4. The molecule has 0 spiro atoms. The maximum absolute atomic E-state index is 11.9. The van der Waals surface area contributed by atoms with Gasteiger partial charge in [-0.05, 0) is 18.9 Å². The standard InChI is InChI=1S/C14H21NO/c1-3-4-13(10-15)14(16)9-12-7-5-11(2)6-8-12/h5-8,13H,3-4,9-10,15H2,1-2H3. The maximum Gasteiger partial charge on any atom is 0.141 e. The third-order valence-corrected chi connectivity index (χ3v) is 2.88. The van der Waals surface area contributed by atoms with E-state index < -0.39 is 0 Å². The second kappa shape index (κ2) is 6.44. The van der Waals surface area contributed by atoms with Crippen LogP contribution in [0.5, 0.6) is 0 Å². The summed E-state index contributed by atoms with van der Waals surface area (Å²) in [6, 6.07) is 8.12. The minimum absolute atomic E-state index is 0.0336. The van der Waals surface area contributed by atoms with Crippen LogP contribution >= 0.6 is 0 Å². The quantitative estimate of drug-likeness (QED) is 0.798. The van der Waals surface area contributed by atoms with E-state index in [9.17, 15) is 4.79 Å². The molecule has 0 aliphatic carbocycles. The molecule has 0 bridgehead atoms. The highest BCUT2D eigenvalue weighted by Crippen LogP contribution is 2.11. The minimum Gasteiger partial charge on any atom is -0.330 e. The number of hydrogen-bond acceptors (Lipinski definition) is 2. The van der Waals surface area contributed by atoms with Crippen LogP contribution in [0.2, 0.25) is 0 Å². The molecule has 1 aromatic carbocycles. The summed E-state index contributed by atoms with van der Waals surface area (Å²) in [6.45, 7) is 4.60. The number of carbonyl (C=O) groups is 1. The Labute approximate surface area is 97.9 Å². The van der Waals surface area contributed by atoms with Gasteiger partial charge in [-0.3, -0.25) is 4.79 Å². The summed E-state index contributed by atoms with van der Waals surface area (Å²) in [5, 5.41) is 0. The minimum atomic E-state index is 0.0336. The number of nitrogens with two attached hydrogens (primary N) is 1. The molecule has 16 heavy (non-hydrogen) atoms. The molecule has 1 aromatic rings. The van der Waals surface area contributed by atoms with Gasteiger partial charge in [0.2, 0.25) is 0 Å². The smallest absolute Gasteiger partial charge is 0.141 e. The van der Waals surface area contributed by atoms with Gasteiger partial charge in [0.1, 0.15) is 5.78 Å². The fraction of sp³-hybridized carbons (Fsp3) is 0.500. The molecule has 2 nitrogen and oxygen atoms in total. The van der Waals surface area contributed by atoms with Crippen LogP contribution in [-0.4, -0.2) is 12.3 Å². The zero-order valence-electron chi connectivity index (χ0n) is 10.2. The van der Waals surface area contributed by atoms with E-state index in [0.29, 0.717) is 13.0 Å². The number of rotatable bonds is 6. The average molecular weight is 219 g/mol. The van der Waals surface area contributed by atoms with Crippen LogP contribution in [0.3, 0.4) is 0 Å².